The molecule has 1 saturated heterocycles. The molecule has 0 spiro atoms. The number of aryl methyl sites for hydroxylation is 1. The summed E-state index contributed by atoms with van der Waals surface area (Å²) in [4.78, 5) is 22.2. The van der Waals surface area contributed by atoms with Crippen molar-refractivity contribution >= 4 is 22.4 Å². The van der Waals surface area contributed by atoms with Gasteiger partial charge in [-0.1, -0.05) is 12.7 Å². The lowest BCUT2D eigenvalue weighted by Crippen LogP contribution is -2.41. The number of ether oxygens (including phenoxy) is 2. The van der Waals surface area contributed by atoms with Gasteiger partial charge in [-0.05, 0) is 50.1 Å². The van der Waals surface area contributed by atoms with Crippen LogP contribution in [0.2, 0.25) is 0 Å². The summed E-state index contributed by atoms with van der Waals surface area (Å²) in [6.45, 7) is 11.2. The molecule has 9 nitrogen and oxygen atoms in total. The van der Waals surface area contributed by atoms with Crippen LogP contribution in [0.5, 0.6) is 5.75 Å². The lowest BCUT2D eigenvalue weighted by atomic mass is 9.95. The van der Waals surface area contributed by atoms with E-state index in [9.17, 15) is 5.11 Å². The predicted octanol–water partition coefficient (Wildman–Crippen LogP) is 4.32. The van der Waals surface area contributed by atoms with Crippen molar-refractivity contribution in [2.75, 3.05) is 32.2 Å². The van der Waals surface area contributed by atoms with Crippen LogP contribution in [-0.4, -0.2) is 69.3 Å². The number of fused-ring (bicyclic) bond motifs is 1. The van der Waals surface area contributed by atoms with Crippen LogP contribution in [-0.2, 0) is 4.74 Å². The number of anilines is 1. The summed E-state index contributed by atoms with van der Waals surface area (Å²) in [5.41, 5.74) is 3.21. The van der Waals surface area contributed by atoms with E-state index >= 15 is 0 Å². The van der Waals surface area contributed by atoms with Crippen LogP contribution in [0.4, 0.5) is 5.82 Å². The summed E-state index contributed by atoms with van der Waals surface area (Å²) >= 11 is 0. The molecule has 0 amide bonds. The molecule has 0 radical (unpaired) electrons. The smallest absolute Gasteiger partial charge is 0.159 e. The minimum absolute atomic E-state index is 0.106. The predicted molar refractivity (Wildman–Crippen MR) is 146 cm³/mol. The molecule has 1 fully saturated rings. The number of aliphatic hydroxyl groups is 1. The Labute approximate surface area is 217 Å². The van der Waals surface area contributed by atoms with Crippen molar-refractivity contribution in [3.8, 4) is 17.1 Å². The Morgan fingerprint density at radius 3 is 2.65 bits per heavy atom. The van der Waals surface area contributed by atoms with Crippen LogP contribution in [0.3, 0.4) is 0 Å². The summed E-state index contributed by atoms with van der Waals surface area (Å²) < 4.78 is 11.6. The zero-order chi connectivity index (χ0) is 26.4. The van der Waals surface area contributed by atoms with Crippen LogP contribution in [0, 0.1) is 6.92 Å². The van der Waals surface area contributed by atoms with Crippen molar-refractivity contribution in [2.45, 2.75) is 45.3 Å². The first-order valence-electron chi connectivity index (χ1n) is 12.4. The molecule has 9 heteroatoms. The maximum absolute atomic E-state index is 11.0. The van der Waals surface area contributed by atoms with Crippen LogP contribution in [0.15, 0.2) is 60.2 Å². The second-order valence-electron chi connectivity index (χ2n) is 9.44. The number of aliphatic imine (C=N–C) groups is 1. The lowest BCUT2D eigenvalue weighted by Gasteiger charge is -2.31. The van der Waals surface area contributed by atoms with Gasteiger partial charge < -0.3 is 19.9 Å². The average Bonchev–Trinajstić information content (AvgIpc) is 2.91. The first-order valence-corrected chi connectivity index (χ1v) is 12.4. The van der Waals surface area contributed by atoms with Crippen LogP contribution in [0.1, 0.15) is 32.3 Å². The average molecular weight is 503 g/mol. The van der Waals surface area contributed by atoms with E-state index in [1.165, 1.54) is 6.33 Å². The van der Waals surface area contributed by atoms with Gasteiger partial charge in [0.1, 0.15) is 35.6 Å². The van der Waals surface area contributed by atoms with Gasteiger partial charge in [-0.25, -0.2) is 19.9 Å². The Bertz CT molecular complexity index is 1310. The molecule has 1 aliphatic rings. The van der Waals surface area contributed by atoms with Crippen molar-refractivity contribution in [2.24, 2.45) is 4.99 Å². The molecule has 1 aliphatic heterocycles. The molecule has 37 heavy (non-hydrogen) atoms. The summed E-state index contributed by atoms with van der Waals surface area (Å²) in [5.74, 6) is 1.73. The molecule has 3 aromatic rings. The molecular formula is C28H34N6O3. The molecule has 3 heterocycles. The van der Waals surface area contributed by atoms with E-state index < -0.39 is 5.60 Å². The maximum atomic E-state index is 11.0. The number of aromatic nitrogens is 4. The molecule has 1 aromatic carbocycles. The first kappa shape index (κ1) is 26.4. The minimum atomic E-state index is -0.951. The highest BCUT2D eigenvalue weighted by Crippen LogP contribution is 2.34. The fourth-order valence-corrected chi connectivity index (χ4v) is 3.88. The first-order chi connectivity index (χ1) is 17.8. The number of hydrogen-bond acceptors (Lipinski definition) is 9. The normalized spacial score (nSPS) is 16.6. The Hall–Kier alpha value is -3.69. The van der Waals surface area contributed by atoms with Gasteiger partial charge in [0.05, 0.1) is 0 Å². The fourth-order valence-electron chi connectivity index (χ4n) is 3.88. The number of nitrogens with one attached hydrogen (secondary N) is 1. The van der Waals surface area contributed by atoms with E-state index in [2.05, 4.69) is 36.8 Å². The molecular weight excluding hydrogens is 468 g/mol. The largest absolute Gasteiger partial charge is 0.488 e. The summed E-state index contributed by atoms with van der Waals surface area (Å²) in [5, 5.41) is 15.2. The van der Waals surface area contributed by atoms with Crippen molar-refractivity contribution in [3.63, 3.8) is 0 Å². The van der Waals surface area contributed by atoms with Crippen molar-refractivity contribution < 1.29 is 14.6 Å². The van der Waals surface area contributed by atoms with Crippen molar-refractivity contribution in [1.82, 2.24) is 19.9 Å². The topological polar surface area (TPSA) is 115 Å². The van der Waals surface area contributed by atoms with Gasteiger partial charge in [-0.2, -0.15) is 0 Å². The van der Waals surface area contributed by atoms with Gasteiger partial charge >= 0.3 is 0 Å². The van der Waals surface area contributed by atoms with Gasteiger partial charge in [0, 0.05) is 68.2 Å². The highest BCUT2D eigenvalue weighted by Gasteiger charge is 2.31. The summed E-state index contributed by atoms with van der Waals surface area (Å²) in [6.07, 6.45) is 9.96. The third kappa shape index (κ3) is 6.55. The zero-order valence-electron chi connectivity index (χ0n) is 21.9. The standard InChI is InChI=1S/C28H34N6O3/c1-18-14-30-26(31-15-18)22-12-23-25(24(13-22)37-16-28(35)8-10-36-11-9-28)32-17-33-27(23)34-21(4)19(2)6-7-20(3)29-5/h6-7,12-15,17,21,35H,2,8-11,16H2,1,3-5H3,(H,32,33,34)/b7-6-,29-20-. The van der Waals surface area contributed by atoms with E-state index in [0.29, 0.717) is 49.0 Å². The van der Waals surface area contributed by atoms with Gasteiger partial charge in [-0.15, -0.1) is 0 Å². The summed E-state index contributed by atoms with van der Waals surface area (Å²) in [7, 11) is 1.76. The number of allylic oxidation sites excluding steroid dienone is 1. The minimum Gasteiger partial charge on any atom is -0.488 e. The van der Waals surface area contributed by atoms with Gasteiger partial charge in [-0.3, -0.25) is 4.99 Å². The van der Waals surface area contributed by atoms with Crippen LogP contribution >= 0.6 is 0 Å². The quantitative estimate of drug-likeness (QED) is 0.328. The molecule has 0 saturated carbocycles. The number of benzene rings is 1. The van der Waals surface area contributed by atoms with E-state index in [-0.39, 0.29) is 12.6 Å². The number of hydrogen-bond donors (Lipinski definition) is 2. The molecule has 4 rings (SSSR count). The van der Waals surface area contributed by atoms with Crippen molar-refractivity contribution in [3.05, 3.63) is 60.7 Å². The fraction of sp³-hybridized carbons (Fsp3) is 0.393. The third-order valence-electron chi connectivity index (χ3n) is 6.46. The molecule has 2 N–H and O–H groups in total. The number of rotatable bonds is 9. The molecule has 1 atom stereocenters. The SMILES string of the molecule is C=C(/C=C\C(C)=N/C)C(C)Nc1ncnc2c(OCC3(O)CCOCC3)cc(-c3ncc(C)cn3)cc12. The zero-order valence-corrected chi connectivity index (χ0v) is 21.9. The molecule has 194 valence electrons. The molecule has 1 unspecified atom stereocenters. The second-order valence-corrected chi connectivity index (χ2v) is 9.44. The molecule has 2 aromatic heterocycles. The van der Waals surface area contributed by atoms with Gasteiger partial charge in [0.25, 0.3) is 0 Å². The number of nitrogens with zero attached hydrogens (tertiary/aromatic N) is 5. The Balaban J connectivity index is 1.71. The summed E-state index contributed by atoms with van der Waals surface area (Å²) in [6, 6.07) is 3.72. The third-order valence-corrected chi connectivity index (χ3v) is 6.46. The van der Waals surface area contributed by atoms with E-state index in [1.807, 2.05) is 45.1 Å². The second kappa shape index (κ2) is 11.6. The maximum Gasteiger partial charge on any atom is 0.159 e. The highest BCUT2D eigenvalue weighted by molar-refractivity contribution is 5.96. The Morgan fingerprint density at radius 2 is 1.95 bits per heavy atom. The lowest BCUT2D eigenvalue weighted by molar-refractivity contribution is -0.0853. The molecule has 0 aliphatic carbocycles. The Kier molecular flexibility index (Phi) is 8.25. The van der Waals surface area contributed by atoms with Crippen LogP contribution in [0.25, 0.3) is 22.3 Å². The van der Waals surface area contributed by atoms with Gasteiger partial charge in [0.2, 0.25) is 0 Å². The monoisotopic (exact) mass is 502 g/mol. The molecule has 0 bridgehead atoms. The van der Waals surface area contributed by atoms with E-state index in [4.69, 9.17) is 9.47 Å². The Morgan fingerprint density at radius 1 is 1.22 bits per heavy atom. The van der Waals surface area contributed by atoms with Crippen molar-refractivity contribution in [1.29, 1.82) is 0 Å². The van der Waals surface area contributed by atoms with Gasteiger partial charge in [0.15, 0.2) is 5.82 Å². The van der Waals surface area contributed by atoms with Crippen LogP contribution < -0.4 is 10.1 Å². The van der Waals surface area contributed by atoms with E-state index in [0.717, 1.165) is 27.8 Å². The van der Waals surface area contributed by atoms with E-state index in [1.54, 1.807) is 19.4 Å². The highest BCUT2D eigenvalue weighted by atomic mass is 16.5.